The quantitative estimate of drug-likeness (QED) is 0.0384. The highest BCUT2D eigenvalue weighted by Crippen LogP contribution is 2.60. The van der Waals surface area contributed by atoms with Crippen molar-refractivity contribution in [1.29, 1.82) is 0 Å². The lowest BCUT2D eigenvalue weighted by Crippen LogP contribution is -2.26. The van der Waals surface area contributed by atoms with E-state index in [1.165, 1.54) is 282 Å². The first-order valence-corrected chi connectivity index (χ1v) is 40.3. The lowest BCUT2D eigenvalue weighted by Gasteiger charge is -2.34. The van der Waals surface area contributed by atoms with Crippen molar-refractivity contribution in [2.45, 2.75) is 250 Å². The van der Waals surface area contributed by atoms with Crippen LogP contribution in [-0.2, 0) is 16.2 Å². The molecule has 2 N–H and O–H groups in total. The fourth-order valence-corrected chi connectivity index (χ4v) is 18.7. The van der Waals surface area contributed by atoms with Crippen molar-refractivity contribution in [3.8, 4) is 112 Å². The Kier molecular flexibility index (Phi) is 23.2. The van der Waals surface area contributed by atoms with E-state index in [-0.39, 0.29) is 16.2 Å². The number of benzene rings is 10. The summed E-state index contributed by atoms with van der Waals surface area (Å²) in [4.78, 5) is 0. The number of unbranched alkanes of at least 4 members (excludes halogenated alkanes) is 18. The summed E-state index contributed by atoms with van der Waals surface area (Å²) in [5, 5.41) is 20.1. The first-order chi connectivity index (χ1) is 49.6. The fraction of sp³-hybridized carbons (Fsp3) is 0.394. The predicted molar refractivity (Wildman–Crippen MR) is 434 cm³/mol. The third kappa shape index (κ3) is 14.8. The van der Waals surface area contributed by atoms with E-state index in [0.29, 0.717) is 11.5 Å². The van der Waals surface area contributed by atoms with Crippen molar-refractivity contribution >= 4 is 0 Å². The maximum Gasteiger partial charge on any atom is 0.115 e. The summed E-state index contributed by atoms with van der Waals surface area (Å²) < 4.78 is 0. The van der Waals surface area contributed by atoms with Crippen LogP contribution in [0.15, 0.2) is 206 Å². The summed E-state index contributed by atoms with van der Waals surface area (Å²) in [5.41, 5.74) is 32.8. The highest BCUT2D eigenvalue weighted by atomic mass is 16.3. The molecule has 101 heavy (non-hydrogen) atoms. The topological polar surface area (TPSA) is 40.5 Å². The van der Waals surface area contributed by atoms with E-state index >= 15 is 0 Å². The molecule has 3 aliphatic rings. The van der Waals surface area contributed by atoms with Crippen LogP contribution in [0.5, 0.6) is 11.5 Å². The Labute approximate surface area is 608 Å². The van der Waals surface area contributed by atoms with Gasteiger partial charge in [-0.15, -0.1) is 0 Å². The average Bonchev–Trinajstić information content (AvgIpc) is 1.57. The van der Waals surface area contributed by atoms with Crippen molar-refractivity contribution in [3.63, 3.8) is 0 Å². The Bertz CT molecular complexity index is 4080. The third-order valence-corrected chi connectivity index (χ3v) is 24.3. The normalized spacial score (nSPS) is 14.0. The minimum Gasteiger partial charge on any atom is -0.508 e. The van der Waals surface area contributed by atoms with Crippen molar-refractivity contribution < 1.29 is 10.2 Å². The van der Waals surface area contributed by atoms with Crippen LogP contribution in [0.4, 0.5) is 0 Å². The van der Waals surface area contributed by atoms with Crippen molar-refractivity contribution in [3.05, 3.63) is 240 Å². The zero-order chi connectivity index (χ0) is 69.8. The molecule has 0 amide bonds. The van der Waals surface area contributed by atoms with E-state index in [4.69, 9.17) is 0 Å². The Balaban J connectivity index is 0.899. The minimum absolute atomic E-state index is 0.0767. The van der Waals surface area contributed by atoms with Crippen LogP contribution in [0, 0.1) is 0 Å². The van der Waals surface area contributed by atoms with Gasteiger partial charge in [0.15, 0.2) is 0 Å². The molecule has 0 fully saturated rings. The zero-order valence-electron chi connectivity index (χ0n) is 62.2. The van der Waals surface area contributed by atoms with Crippen molar-refractivity contribution in [2.75, 3.05) is 0 Å². The van der Waals surface area contributed by atoms with Crippen LogP contribution in [0.25, 0.3) is 100 Å². The summed E-state index contributed by atoms with van der Waals surface area (Å²) in [6, 6.07) is 79.3. The van der Waals surface area contributed by atoms with E-state index in [2.05, 4.69) is 199 Å². The second-order valence-electron chi connectivity index (χ2n) is 30.9. The molecule has 522 valence electrons. The highest BCUT2D eigenvalue weighted by molar-refractivity contribution is 5.91. The third-order valence-electron chi connectivity index (χ3n) is 24.3. The van der Waals surface area contributed by atoms with Crippen LogP contribution >= 0.6 is 0 Å². The number of rotatable bonds is 36. The molecule has 0 saturated carbocycles. The molecule has 0 bridgehead atoms. The minimum atomic E-state index is -0.0972. The van der Waals surface area contributed by atoms with E-state index in [9.17, 15) is 10.2 Å². The molecule has 0 heterocycles. The Morgan fingerprint density at radius 3 is 0.505 bits per heavy atom. The van der Waals surface area contributed by atoms with Crippen LogP contribution in [0.2, 0.25) is 0 Å². The van der Waals surface area contributed by atoms with Gasteiger partial charge in [-0.2, -0.15) is 0 Å². The number of hydrogen-bond acceptors (Lipinski definition) is 2. The fourth-order valence-electron chi connectivity index (χ4n) is 18.7. The molecule has 0 atom stereocenters. The summed E-state index contributed by atoms with van der Waals surface area (Å²) in [7, 11) is 0. The second kappa shape index (κ2) is 32.8. The molecule has 0 radical (unpaired) electrons. The van der Waals surface area contributed by atoms with Gasteiger partial charge in [0.2, 0.25) is 0 Å². The number of fused-ring (bicyclic) bond motifs is 9. The predicted octanol–water partition coefficient (Wildman–Crippen LogP) is 29.7. The molecule has 0 spiro atoms. The number of hydrogen-bond donors (Lipinski definition) is 2. The van der Waals surface area contributed by atoms with Gasteiger partial charge < -0.3 is 10.2 Å². The van der Waals surface area contributed by atoms with Crippen LogP contribution in [0.3, 0.4) is 0 Å². The Morgan fingerprint density at radius 1 is 0.178 bits per heavy atom. The summed E-state index contributed by atoms with van der Waals surface area (Å²) in [6.45, 7) is 14.2. The smallest absolute Gasteiger partial charge is 0.115 e. The highest BCUT2D eigenvalue weighted by Gasteiger charge is 2.46. The standard InChI is InChI=1S/C99H114O2/c1-7-13-19-25-59-97(60-26-20-14-8-2)91-65-77(75-35-31-71(32-36-75)73-39-49-83(100)50-40-73)43-53-85(91)87-55-45-79(67-93(87)97)81-47-57-89-90-58-48-82(70-96(90)99(95(89)69-81,63-29-23-17-11-5)64-30-24-18-12-6)80-46-56-88-86-54-44-78(76-37-33-72(34-38-76)74-41-51-84(101)52-42-74)66-92(86)98(94(88)68-80,61-27-21-15-9-3)62-28-22-16-10-4/h31-58,65-70,100-101H,7-30,59-64H2,1-6H3. The van der Waals surface area contributed by atoms with Crippen LogP contribution in [-0.4, -0.2) is 10.2 Å². The van der Waals surface area contributed by atoms with Gasteiger partial charge in [-0.25, -0.2) is 0 Å². The SMILES string of the molecule is CCCCCCC1(CCCCCC)c2cc(-c3ccc(-c4ccc(O)cc4)cc3)ccc2-c2ccc(-c3ccc4c(c3)C(CCCCCC)(CCCCCC)c3cc(-c5ccc6c(c5)C(CCCCCC)(CCCCCC)c5cc(-c7ccc(-c8ccc(O)cc8)cc7)ccc5-6)ccc3-4)cc21. The monoisotopic (exact) mass is 1330 g/mol. The Hall–Kier alpha value is -8.20. The summed E-state index contributed by atoms with van der Waals surface area (Å²) in [5.74, 6) is 0.593. The van der Waals surface area contributed by atoms with Gasteiger partial charge in [-0.1, -0.05) is 341 Å². The maximum absolute atomic E-state index is 10.1. The molecular weight excluding hydrogens is 1220 g/mol. The van der Waals surface area contributed by atoms with E-state index in [0.717, 1.165) is 22.3 Å². The molecule has 13 rings (SSSR count). The number of phenols is 2. The van der Waals surface area contributed by atoms with Gasteiger partial charge >= 0.3 is 0 Å². The molecule has 10 aromatic carbocycles. The van der Waals surface area contributed by atoms with Gasteiger partial charge in [0.05, 0.1) is 0 Å². The number of phenolic OH excluding ortho intramolecular Hbond substituents is 2. The van der Waals surface area contributed by atoms with Gasteiger partial charge in [-0.05, 0) is 233 Å². The second-order valence-corrected chi connectivity index (χ2v) is 30.9. The molecule has 0 unspecified atom stereocenters. The van der Waals surface area contributed by atoms with Gasteiger partial charge in [-0.3, -0.25) is 0 Å². The molecule has 0 saturated heterocycles. The molecular formula is C99H114O2. The molecule has 0 aliphatic heterocycles. The van der Waals surface area contributed by atoms with Crippen LogP contribution in [0.1, 0.15) is 268 Å². The van der Waals surface area contributed by atoms with Gasteiger partial charge in [0.1, 0.15) is 11.5 Å². The average molecular weight is 1340 g/mol. The first kappa shape index (κ1) is 71.2. The van der Waals surface area contributed by atoms with E-state index in [1.807, 2.05) is 24.3 Å². The van der Waals surface area contributed by atoms with Gasteiger partial charge in [0.25, 0.3) is 0 Å². The lowest BCUT2D eigenvalue weighted by molar-refractivity contribution is 0.400. The summed E-state index contributed by atoms with van der Waals surface area (Å²) >= 11 is 0. The van der Waals surface area contributed by atoms with E-state index < -0.39 is 0 Å². The van der Waals surface area contributed by atoms with Crippen molar-refractivity contribution in [2.24, 2.45) is 0 Å². The lowest BCUT2D eigenvalue weighted by atomic mass is 9.69. The molecule has 2 heteroatoms. The first-order valence-electron chi connectivity index (χ1n) is 40.3. The van der Waals surface area contributed by atoms with Gasteiger partial charge in [0, 0.05) is 16.2 Å². The largest absolute Gasteiger partial charge is 0.508 e. The zero-order valence-corrected chi connectivity index (χ0v) is 62.2. The molecule has 10 aromatic rings. The Morgan fingerprint density at radius 2 is 0.327 bits per heavy atom. The molecule has 2 nitrogen and oxygen atoms in total. The number of aromatic hydroxyl groups is 2. The molecule has 3 aliphatic carbocycles. The van der Waals surface area contributed by atoms with Crippen LogP contribution < -0.4 is 0 Å². The van der Waals surface area contributed by atoms with Crippen molar-refractivity contribution in [1.82, 2.24) is 0 Å². The molecule has 0 aromatic heterocycles. The summed E-state index contributed by atoms with van der Waals surface area (Å²) in [6.07, 6.45) is 37.1. The van der Waals surface area contributed by atoms with E-state index in [1.54, 1.807) is 46.5 Å². The maximum atomic E-state index is 10.1.